The van der Waals surface area contributed by atoms with Gasteiger partial charge in [0.15, 0.2) is 5.75 Å². The minimum absolute atomic E-state index is 0.0548. The van der Waals surface area contributed by atoms with Crippen LogP contribution in [0.15, 0.2) is 18.2 Å². The SMILES string of the molecule is COc1cc(-c2nnc(CN3CCNC(C)C3)s2)ccc1[N+](=O)[O-]. The number of nitro benzene ring substituents is 1. The molecule has 2 heterocycles. The summed E-state index contributed by atoms with van der Waals surface area (Å²) >= 11 is 1.50. The number of aromatic nitrogens is 2. The highest BCUT2D eigenvalue weighted by molar-refractivity contribution is 7.14. The summed E-state index contributed by atoms with van der Waals surface area (Å²) in [6, 6.07) is 5.23. The van der Waals surface area contributed by atoms with Crippen molar-refractivity contribution < 1.29 is 9.66 Å². The van der Waals surface area contributed by atoms with Crippen LogP contribution in [0.2, 0.25) is 0 Å². The number of rotatable bonds is 5. The molecule has 1 unspecified atom stereocenters. The molecule has 1 aromatic heterocycles. The summed E-state index contributed by atoms with van der Waals surface area (Å²) in [7, 11) is 1.42. The van der Waals surface area contributed by atoms with E-state index in [0.717, 1.165) is 41.8 Å². The Morgan fingerprint density at radius 1 is 1.50 bits per heavy atom. The predicted octanol–water partition coefficient (Wildman–Crippen LogP) is 1.92. The van der Waals surface area contributed by atoms with Crippen LogP contribution in [-0.4, -0.2) is 52.8 Å². The summed E-state index contributed by atoms with van der Waals surface area (Å²) < 4.78 is 5.11. The Morgan fingerprint density at radius 2 is 2.33 bits per heavy atom. The maximum Gasteiger partial charge on any atom is 0.310 e. The molecule has 1 saturated heterocycles. The molecule has 9 heteroatoms. The van der Waals surface area contributed by atoms with E-state index < -0.39 is 4.92 Å². The Hall–Kier alpha value is -2.10. The van der Waals surface area contributed by atoms with Crippen molar-refractivity contribution in [3.8, 4) is 16.3 Å². The van der Waals surface area contributed by atoms with Gasteiger partial charge in [-0.2, -0.15) is 0 Å². The first-order valence-electron chi connectivity index (χ1n) is 7.67. The van der Waals surface area contributed by atoms with E-state index in [2.05, 4.69) is 27.3 Å². The summed E-state index contributed by atoms with van der Waals surface area (Å²) in [6.45, 7) is 5.89. The van der Waals surface area contributed by atoms with Crippen LogP contribution in [0.4, 0.5) is 5.69 Å². The van der Waals surface area contributed by atoms with Gasteiger partial charge in [0.1, 0.15) is 10.0 Å². The van der Waals surface area contributed by atoms with E-state index in [1.807, 2.05) is 0 Å². The smallest absolute Gasteiger partial charge is 0.310 e. The highest BCUT2D eigenvalue weighted by atomic mass is 32.1. The number of benzene rings is 1. The van der Waals surface area contributed by atoms with Gasteiger partial charge in [-0.1, -0.05) is 11.3 Å². The number of ether oxygens (including phenoxy) is 1. The highest BCUT2D eigenvalue weighted by Gasteiger charge is 2.19. The average molecular weight is 349 g/mol. The minimum atomic E-state index is -0.459. The monoisotopic (exact) mass is 349 g/mol. The van der Waals surface area contributed by atoms with E-state index in [1.54, 1.807) is 12.1 Å². The van der Waals surface area contributed by atoms with Crippen LogP contribution >= 0.6 is 11.3 Å². The second-order valence-corrected chi connectivity index (χ2v) is 6.80. The molecule has 1 aliphatic heterocycles. The molecule has 1 atom stereocenters. The quantitative estimate of drug-likeness (QED) is 0.651. The maximum atomic E-state index is 11.0. The molecular weight excluding hydrogens is 330 g/mol. The molecule has 0 amide bonds. The van der Waals surface area contributed by atoms with Crippen molar-refractivity contribution in [3.05, 3.63) is 33.3 Å². The standard InChI is InChI=1S/C15H19N5O3S/c1-10-8-19(6-5-16-10)9-14-17-18-15(24-14)11-3-4-12(20(21)22)13(7-11)23-2/h3-4,7,10,16H,5-6,8-9H2,1-2H3. The molecule has 0 aliphatic carbocycles. The van der Waals surface area contributed by atoms with E-state index in [9.17, 15) is 10.1 Å². The van der Waals surface area contributed by atoms with E-state index in [-0.39, 0.29) is 11.4 Å². The van der Waals surface area contributed by atoms with Gasteiger partial charge in [0, 0.05) is 37.3 Å². The Bertz CT molecular complexity index is 736. The number of hydrogen-bond acceptors (Lipinski definition) is 8. The molecule has 1 aromatic carbocycles. The lowest BCUT2D eigenvalue weighted by atomic mass is 10.2. The third-order valence-corrected chi connectivity index (χ3v) is 4.86. The van der Waals surface area contributed by atoms with Gasteiger partial charge in [-0.3, -0.25) is 15.0 Å². The molecule has 0 spiro atoms. The van der Waals surface area contributed by atoms with Gasteiger partial charge in [-0.25, -0.2) is 0 Å². The Kier molecular flexibility index (Phi) is 5.03. The topological polar surface area (TPSA) is 93.4 Å². The zero-order valence-corrected chi connectivity index (χ0v) is 14.4. The molecule has 1 N–H and O–H groups in total. The molecule has 0 radical (unpaired) electrons. The molecule has 0 saturated carbocycles. The second-order valence-electron chi connectivity index (χ2n) is 5.73. The minimum Gasteiger partial charge on any atom is -0.490 e. The van der Waals surface area contributed by atoms with E-state index in [0.29, 0.717) is 6.04 Å². The van der Waals surface area contributed by atoms with E-state index >= 15 is 0 Å². The van der Waals surface area contributed by atoms with Crippen LogP contribution in [-0.2, 0) is 6.54 Å². The number of nitro groups is 1. The molecular formula is C15H19N5O3S. The molecule has 2 aromatic rings. The number of nitrogens with zero attached hydrogens (tertiary/aromatic N) is 4. The zero-order chi connectivity index (χ0) is 17.1. The first kappa shape index (κ1) is 16.7. The zero-order valence-electron chi connectivity index (χ0n) is 13.6. The van der Waals surface area contributed by atoms with Crippen molar-refractivity contribution in [1.82, 2.24) is 20.4 Å². The van der Waals surface area contributed by atoms with Crippen molar-refractivity contribution in [1.29, 1.82) is 0 Å². The van der Waals surface area contributed by atoms with Crippen LogP contribution in [0.1, 0.15) is 11.9 Å². The average Bonchev–Trinajstić information content (AvgIpc) is 3.02. The molecule has 1 fully saturated rings. The molecule has 128 valence electrons. The normalized spacial score (nSPS) is 18.5. The number of hydrogen-bond donors (Lipinski definition) is 1. The summed E-state index contributed by atoms with van der Waals surface area (Å²) in [4.78, 5) is 12.9. The third kappa shape index (κ3) is 3.69. The number of piperazine rings is 1. The van der Waals surface area contributed by atoms with Crippen molar-refractivity contribution in [2.45, 2.75) is 19.5 Å². The lowest BCUT2D eigenvalue weighted by Crippen LogP contribution is -2.48. The van der Waals surface area contributed by atoms with Crippen LogP contribution in [0, 0.1) is 10.1 Å². The Morgan fingerprint density at radius 3 is 3.04 bits per heavy atom. The Balaban J connectivity index is 1.76. The Labute approximate surface area is 143 Å². The van der Waals surface area contributed by atoms with Crippen LogP contribution in [0.5, 0.6) is 5.75 Å². The fourth-order valence-electron chi connectivity index (χ4n) is 2.74. The van der Waals surface area contributed by atoms with Crippen LogP contribution in [0.25, 0.3) is 10.6 Å². The van der Waals surface area contributed by atoms with Gasteiger partial charge in [-0.05, 0) is 19.1 Å². The summed E-state index contributed by atoms with van der Waals surface area (Å²) in [6.07, 6.45) is 0. The molecule has 8 nitrogen and oxygen atoms in total. The third-order valence-electron chi connectivity index (χ3n) is 3.90. The van der Waals surface area contributed by atoms with Gasteiger partial charge >= 0.3 is 5.69 Å². The van der Waals surface area contributed by atoms with Crippen molar-refractivity contribution in [2.24, 2.45) is 0 Å². The largest absolute Gasteiger partial charge is 0.490 e. The van der Waals surface area contributed by atoms with Crippen molar-refractivity contribution >= 4 is 17.0 Å². The molecule has 24 heavy (non-hydrogen) atoms. The molecule has 0 bridgehead atoms. The lowest BCUT2D eigenvalue weighted by molar-refractivity contribution is -0.385. The maximum absolute atomic E-state index is 11.0. The van der Waals surface area contributed by atoms with E-state index in [1.165, 1.54) is 24.5 Å². The first-order valence-corrected chi connectivity index (χ1v) is 8.49. The summed E-state index contributed by atoms with van der Waals surface area (Å²) in [5, 5.41) is 24.5. The fourth-order valence-corrected chi connectivity index (χ4v) is 3.62. The highest BCUT2D eigenvalue weighted by Crippen LogP contribution is 2.33. The van der Waals surface area contributed by atoms with Gasteiger partial charge < -0.3 is 10.1 Å². The van der Waals surface area contributed by atoms with Crippen molar-refractivity contribution in [2.75, 3.05) is 26.7 Å². The van der Waals surface area contributed by atoms with Gasteiger partial charge in [0.25, 0.3) is 0 Å². The van der Waals surface area contributed by atoms with Crippen LogP contribution < -0.4 is 10.1 Å². The number of nitrogens with one attached hydrogen (secondary N) is 1. The lowest BCUT2D eigenvalue weighted by Gasteiger charge is -2.30. The number of methoxy groups -OCH3 is 1. The fraction of sp³-hybridized carbons (Fsp3) is 0.467. The summed E-state index contributed by atoms with van der Waals surface area (Å²) in [5.74, 6) is 0.227. The van der Waals surface area contributed by atoms with Gasteiger partial charge in [0.2, 0.25) is 0 Å². The van der Waals surface area contributed by atoms with Crippen molar-refractivity contribution in [3.63, 3.8) is 0 Å². The van der Waals surface area contributed by atoms with Crippen LogP contribution in [0.3, 0.4) is 0 Å². The molecule has 3 rings (SSSR count). The van der Waals surface area contributed by atoms with Gasteiger partial charge in [-0.15, -0.1) is 10.2 Å². The van der Waals surface area contributed by atoms with E-state index in [4.69, 9.17) is 4.74 Å². The first-order chi connectivity index (χ1) is 11.6. The molecule has 1 aliphatic rings. The second kappa shape index (κ2) is 7.20. The predicted molar refractivity (Wildman–Crippen MR) is 91.3 cm³/mol. The summed E-state index contributed by atoms with van der Waals surface area (Å²) in [5.41, 5.74) is 0.718. The van der Waals surface area contributed by atoms with Gasteiger partial charge in [0.05, 0.1) is 18.6 Å².